The molecule has 1 radical (unpaired) electrons. The Morgan fingerprint density at radius 3 is 2.28 bits per heavy atom. The van der Waals surface area contributed by atoms with E-state index in [-0.39, 0.29) is 0 Å². The van der Waals surface area contributed by atoms with Crippen LogP contribution >= 0.6 is 0 Å². The predicted molar refractivity (Wildman–Crippen MR) is 66.6 cm³/mol. The number of rotatable bonds is 2. The highest BCUT2D eigenvalue weighted by Gasteiger charge is 2.30. The zero-order valence-corrected chi connectivity index (χ0v) is 9.67. The fourth-order valence-corrected chi connectivity index (χ4v) is 1.76. The van der Waals surface area contributed by atoms with Crippen molar-refractivity contribution >= 4 is 5.57 Å². The molecule has 0 spiro atoms. The van der Waals surface area contributed by atoms with Gasteiger partial charge < -0.3 is 0 Å². The van der Waals surface area contributed by atoms with Crippen molar-refractivity contribution < 1.29 is 13.2 Å². The van der Waals surface area contributed by atoms with Gasteiger partial charge in [0.25, 0.3) is 0 Å². The monoisotopic (exact) mass is 249 g/mol. The van der Waals surface area contributed by atoms with E-state index in [1.165, 1.54) is 12.1 Å². The van der Waals surface area contributed by atoms with Crippen LogP contribution in [0.15, 0.2) is 54.6 Å². The Morgan fingerprint density at radius 1 is 1.11 bits per heavy atom. The Balaban J connectivity index is 2.22. The standard InChI is InChI=1S/C15H12F3/c1-11(12-5-3-2-4-6-12)13-7-9-14(10-8-13)15(16,17)18/h2-3,5-10H,1,4H2. The maximum absolute atomic E-state index is 12.4. The third-order valence-corrected chi connectivity index (χ3v) is 2.79. The summed E-state index contributed by atoms with van der Waals surface area (Å²) in [5, 5.41) is 0. The molecule has 1 aliphatic carbocycles. The molecule has 0 amide bonds. The number of benzene rings is 1. The molecule has 0 heterocycles. The highest BCUT2D eigenvalue weighted by Crippen LogP contribution is 2.31. The second-order valence-corrected chi connectivity index (χ2v) is 4.04. The zero-order chi connectivity index (χ0) is 13.2. The number of halogens is 3. The molecule has 2 rings (SSSR count). The predicted octanol–water partition coefficient (Wildman–Crippen LogP) is 4.81. The van der Waals surface area contributed by atoms with Crippen LogP contribution in [0.3, 0.4) is 0 Å². The van der Waals surface area contributed by atoms with Crippen LogP contribution in [0.2, 0.25) is 0 Å². The van der Waals surface area contributed by atoms with E-state index in [4.69, 9.17) is 0 Å². The molecule has 1 aliphatic rings. The first-order chi connectivity index (χ1) is 8.48. The maximum Gasteiger partial charge on any atom is 0.416 e. The first-order valence-electron chi connectivity index (χ1n) is 5.55. The fraction of sp³-hybridized carbons (Fsp3) is 0.133. The normalized spacial score (nSPS) is 15.4. The van der Waals surface area contributed by atoms with E-state index in [1.54, 1.807) is 0 Å². The van der Waals surface area contributed by atoms with Crippen molar-refractivity contribution in [2.45, 2.75) is 12.6 Å². The molecule has 3 heteroatoms. The quantitative estimate of drug-likeness (QED) is 0.705. The molecule has 0 N–H and O–H groups in total. The topological polar surface area (TPSA) is 0 Å². The Hall–Kier alpha value is -1.77. The second-order valence-electron chi connectivity index (χ2n) is 4.04. The molecule has 0 bridgehead atoms. The van der Waals surface area contributed by atoms with E-state index in [9.17, 15) is 13.2 Å². The van der Waals surface area contributed by atoms with Crippen LogP contribution in [0.4, 0.5) is 13.2 Å². The third kappa shape index (κ3) is 2.73. The average molecular weight is 249 g/mol. The molecule has 0 atom stereocenters. The molecule has 0 fully saturated rings. The lowest BCUT2D eigenvalue weighted by Gasteiger charge is -2.12. The van der Waals surface area contributed by atoms with Crippen LogP contribution in [0, 0.1) is 6.42 Å². The lowest BCUT2D eigenvalue weighted by Crippen LogP contribution is -2.04. The molecule has 93 valence electrons. The van der Waals surface area contributed by atoms with Crippen molar-refractivity contribution in [2.24, 2.45) is 0 Å². The first-order valence-corrected chi connectivity index (χ1v) is 5.55. The van der Waals surface area contributed by atoms with Crippen molar-refractivity contribution in [3.05, 3.63) is 72.2 Å². The summed E-state index contributed by atoms with van der Waals surface area (Å²) < 4.78 is 37.3. The summed E-state index contributed by atoms with van der Waals surface area (Å²) in [5.41, 5.74) is 1.77. The Bertz CT molecular complexity index is 502. The second kappa shape index (κ2) is 4.84. The van der Waals surface area contributed by atoms with Gasteiger partial charge >= 0.3 is 6.18 Å². The smallest absolute Gasteiger partial charge is 0.166 e. The van der Waals surface area contributed by atoms with Gasteiger partial charge in [-0.1, -0.05) is 36.9 Å². The lowest BCUT2D eigenvalue weighted by atomic mass is 9.94. The molecular weight excluding hydrogens is 237 g/mol. The first kappa shape index (κ1) is 12.7. The third-order valence-electron chi connectivity index (χ3n) is 2.79. The van der Waals surface area contributed by atoms with Crippen molar-refractivity contribution in [1.29, 1.82) is 0 Å². The maximum atomic E-state index is 12.4. The van der Waals surface area contributed by atoms with Gasteiger partial charge in [0.2, 0.25) is 0 Å². The van der Waals surface area contributed by atoms with E-state index >= 15 is 0 Å². The van der Waals surface area contributed by atoms with Gasteiger partial charge in [-0.2, -0.15) is 13.2 Å². The molecule has 0 aliphatic heterocycles. The fourth-order valence-electron chi connectivity index (χ4n) is 1.76. The SMILES string of the molecule is C=C(C1=CC[CH]C=C1)c1ccc(C(F)(F)F)cc1. The van der Waals surface area contributed by atoms with Gasteiger partial charge in [-0.05, 0) is 41.7 Å². The number of hydrogen-bond donors (Lipinski definition) is 0. The largest absolute Gasteiger partial charge is 0.416 e. The minimum absolute atomic E-state index is 0.638. The van der Waals surface area contributed by atoms with E-state index < -0.39 is 11.7 Å². The minimum Gasteiger partial charge on any atom is -0.166 e. The van der Waals surface area contributed by atoms with Crippen LogP contribution in [0.1, 0.15) is 17.5 Å². The van der Waals surface area contributed by atoms with Gasteiger partial charge in [0.1, 0.15) is 0 Å². The minimum atomic E-state index is -4.29. The van der Waals surface area contributed by atoms with E-state index in [1.807, 2.05) is 24.6 Å². The lowest BCUT2D eigenvalue weighted by molar-refractivity contribution is -0.137. The molecule has 0 saturated carbocycles. The van der Waals surface area contributed by atoms with Gasteiger partial charge in [0, 0.05) is 0 Å². The van der Waals surface area contributed by atoms with Gasteiger partial charge in [0.15, 0.2) is 0 Å². The van der Waals surface area contributed by atoms with Gasteiger partial charge in [0.05, 0.1) is 5.56 Å². The Kier molecular flexibility index (Phi) is 3.41. The summed E-state index contributed by atoms with van der Waals surface area (Å²) in [7, 11) is 0. The van der Waals surface area contributed by atoms with E-state index in [0.717, 1.165) is 29.7 Å². The van der Waals surface area contributed by atoms with Crippen LogP contribution in [-0.2, 0) is 6.18 Å². The number of alkyl halides is 3. The van der Waals surface area contributed by atoms with E-state index in [0.29, 0.717) is 5.56 Å². The number of allylic oxidation sites excluding steroid dienone is 5. The number of hydrogen-bond acceptors (Lipinski definition) is 0. The summed E-state index contributed by atoms with van der Waals surface area (Å²) in [6.07, 6.45) is 4.36. The molecule has 18 heavy (non-hydrogen) atoms. The zero-order valence-electron chi connectivity index (χ0n) is 9.67. The van der Waals surface area contributed by atoms with Crippen molar-refractivity contribution in [1.82, 2.24) is 0 Å². The molecule has 0 nitrogen and oxygen atoms in total. The van der Waals surface area contributed by atoms with Crippen molar-refractivity contribution in [3.63, 3.8) is 0 Å². The molecule has 1 aromatic carbocycles. The van der Waals surface area contributed by atoms with Crippen LogP contribution in [-0.4, -0.2) is 0 Å². The van der Waals surface area contributed by atoms with Crippen molar-refractivity contribution in [2.75, 3.05) is 0 Å². The average Bonchev–Trinajstić information content (AvgIpc) is 2.38. The summed E-state index contributed by atoms with van der Waals surface area (Å²) in [5.74, 6) is 0. The summed E-state index contributed by atoms with van der Waals surface area (Å²) in [6.45, 7) is 3.93. The van der Waals surface area contributed by atoms with Crippen molar-refractivity contribution in [3.8, 4) is 0 Å². The molecular formula is C15H12F3. The summed E-state index contributed by atoms with van der Waals surface area (Å²) in [4.78, 5) is 0. The van der Waals surface area contributed by atoms with Gasteiger partial charge in [-0.3, -0.25) is 0 Å². The van der Waals surface area contributed by atoms with Crippen LogP contribution in [0.25, 0.3) is 5.57 Å². The molecule has 0 unspecified atom stereocenters. The molecule has 0 aromatic heterocycles. The highest BCUT2D eigenvalue weighted by atomic mass is 19.4. The Labute approximate surface area is 104 Å². The Morgan fingerprint density at radius 2 is 1.78 bits per heavy atom. The molecule has 0 saturated heterocycles. The highest BCUT2D eigenvalue weighted by molar-refractivity contribution is 5.80. The van der Waals surface area contributed by atoms with Gasteiger partial charge in [-0.25, -0.2) is 0 Å². The van der Waals surface area contributed by atoms with Gasteiger partial charge in [-0.15, -0.1) is 0 Å². The summed E-state index contributed by atoms with van der Waals surface area (Å²) in [6, 6.07) is 5.08. The molecule has 1 aromatic rings. The van der Waals surface area contributed by atoms with Crippen LogP contribution < -0.4 is 0 Å². The van der Waals surface area contributed by atoms with E-state index in [2.05, 4.69) is 6.58 Å². The summed E-state index contributed by atoms with van der Waals surface area (Å²) >= 11 is 0. The van der Waals surface area contributed by atoms with Crippen LogP contribution in [0.5, 0.6) is 0 Å².